The van der Waals surface area contributed by atoms with Crippen LogP contribution in [0.25, 0.3) is 53.2 Å². The minimum absolute atomic E-state index is 0.404. The number of thiophene rings is 1. The van der Waals surface area contributed by atoms with Crippen molar-refractivity contribution < 1.29 is 0 Å². The van der Waals surface area contributed by atoms with Crippen molar-refractivity contribution in [3.8, 4) is 22.3 Å². The van der Waals surface area contributed by atoms with Crippen LogP contribution in [-0.2, 0) is 5.41 Å². The lowest BCUT2D eigenvalue weighted by Gasteiger charge is -2.40. The molecule has 0 saturated carbocycles. The third-order valence-corrected chi connectivity index (χ3v) is 14.2. The molecule has 1 aliphatic heterocycles. The van der Waals surface area contributed by atoms with E-state index >= 15 is 0 Å². The summed E-state index contributed by atoms with van der Waals surface area (Å²) in [5.41, 5.74) is 13.6. The van der Waals surface area contributed by atoms with E-state index < -0.39 is 5.41 Å². The largest absolute Gasteiger partial charge is 0.309 e. The van der Waals surface area contributed by atoms with Crippen molar-refractivity contribution in [2.24, 2.45) is 0 Å². The van der Waals surface area contributed by atoms with Crippen molar-refractivity contribution in [3.63, 3.8) is 0 Å². The maximum absolute atomic E-state index is 2.48. The SMILES string of the molecule is c1ccc(-c2ccc(N(c3ccccc3)c3ccc4c(c3)Sc3ccccc3C43c4ccccc4-c4ccccc43)c3sc4cc5ccccc5cc4c23)cc1. The third kappa shape index (κ3) is 4.50. The van der Waals surface area contributed by atoms with E-state index in [9.17, 15) is 0 Å². The number of hydrogen-bond donors (Lipinski definition) is 0. The molecule has 0 atom stereocenters. The lowest BCUT2D eigenvalue weighted by atomic mass is 9.67. The van der Waals surface area contributed by atoms with Crippen LogP contribution in [0.3, 0.4) is 0 Å². The number of anilines is 3. The summed E-state index contributed by atoms with van der Waals surface area (Å²) in [5.74, 6) is 0. The second-order valence-electron chi connectivity index (χ2n) is 14.8. The molecule has 1 nitrogen and oxygen atoms in total. The quantitative estimate of drug-likeness (QED) is 0.176. The zero-order valence-corrected chi connectivity index (χ0v) is 31.9. The van der Waals surface area contributed by atoms with E-state index in [1.807, 2.05) is 23.1 Å². The molecule has 1 aromatic heterocycles. The van der Waals surface area contributed by atoms with Gasteiger partial charge in [0.05, 0.1) is 15.8 Å². The normalized spacial score (nSPS) is 13.4. The second-order valence-corrected chi connectivity index (χ2v) is 16.9. The summed E-state index contributed by atoms with van der Waals surface area (Å²) in [6.45, 7) is 0. The molecule has 0 bridgehead atoms. The number of rotatable bonds is 4. The number of benzene rings is 9. The lowest BCUT2D eigenvalue weighted by Crippen LogP contribution is -2.32. The van der Waals surface area contributed by atoms with Crippen LogP contribution < -0.4 is 4.90 Å². The van der Waals surface area contributed by atoms with Crippen LogP contribution in [0.2, 0.25) is 0 Å². The molecule has 0 unspecified atom stereocenters. The van der Waals surface area contributed by atoms with Crippen LogP contribution in [0, 0.1) is 0 Å². The van der Waals surface area contributed by atoms with E-state index in [4.69, 9.17) is 0 Å². The van der Waals surface area contributed by atoms with Crippen molar-refractivity contribution in [3.05, 3.63) is 222 Å². The Morgan fingerprint density at radius 2 is 1.02 bits per heavy atom. The fraction of sp³-hybridized carbons (Fsp3) is 0.0189. The Labute approximate surface area is 334 Å². The fourth-order valence-electron chi connectivity index (χ4n) is 9.58. The second kappa shape index (κ2) is 12.3. The smallest absolute Gasteiger partial charge is 0.0735 e. The van der Waals surface area contributed by atoms with Gasteiger partial charge in [0.25, 0.3) is 0 Å². The summed E-state index contributed by atoms with van der Waals surface area (Å²) in [5, 5.41) is 5.14. The van der Waals surface area contributed by atoms with Gasteiger partial charge in [-0.25, -0.2) is 0 Å². The maximum atomic E-state index is 2.48. The van der Waals surface area contributed by atoms with Gasteiger partial charge in [-0.1, -0.05) is 163 Å². The maximum Gasteiger partial charge on any atom is 0.0735 e. The average molecular weight is 748 g/mol. The molecule has 10 aromatic rings. The molecule has 0 radical (unpaired) electrons. The first kappa shape index (κ1) is 31.9. The van der Waals surface area contributed by atoms with Gasteiger partial charge < -0.3 is 4.90 Å². The number of hydrogen-bond acceptors (Lipinski definition) is 3. The monoisotopic (exact) mass is 747 g/mol. The van der Waals surface area contributed by atoms with Crippen molar-refractivity contribution >= 4 is 71.1 Å². The topological polar surface area (TPSA) is 3.24 Å². The van der Waals surface area contributed by atoms with E-state index in [0.29, 0.717) is 0 Å². The first-order chi connectivity index (χ1) is 27.8. The highest BCUT2D eigenvalue weighted by Gasteiger charge is 2.50. The van der Waals surface area contributed by atoms with Crippen molar-refractivity contribution in [2.45, 2.75) is 15.2 Å². The minimum Gasteiger partial charge on any atom is -0.309 e. The van der Waals surface area contributed by atoms with Gasteiger partial charge in [-0.05, 0) is 104 Å². The van der Waals surface area contributed by atoms with Crippen LogP contribution in [-0.4, -0.2) is 0 Å². The van der Waals surface area contributed by atoms with E-state index in [2.05, 4.69) is 205 Å². The summed E-state index contributed by atoms with van der Waals surface area (Å²) in [6.07, 6.45) is 0. The Hall–Kier alpha value is -6.39. The van der Waals surface area contributed by atoms with Crippen LogP contribution in [0.5, 0.6) is 0 Å². The lowest BCUT2D eigenvalue weighted by molar-refractivity contribution is 0.722. The first-order valence-corrected chi connectivity index (χ1v) is 20.8. The molecule has 1 spiro atoms. The van der Waals surface area contributed by atoms with Crippen molar-refractivity contribution in [1.29, 1.82) is 0 Å². The Bertz CT molecular complexity index is 3130. The summed E-state index contributed by atoms with van der Waals surface area (Å²) in [6, 6.07) is 74.4. The molecule has 56 heavy (non-hydrogen) atoms. The average Bonchev–Trinajstić information content (AvgIpc) is 3.78. The molecule has 0 fully saturated rings. The van der Waals surface area contributed by atoms with E-state index in [-0.39, 0.29) is 0 Å². The Balaban J connectivity index is 1.13. The molecule has 0 saturated heterocycles. The molecule has 2 heterocycles. The van der Waals surface area contributed by atoms with Crippen LogP contribution >= 0.6 is 23.1 Å². The highest BCUT2D eigenvalue weighted by molar-refractivity contribution is 7.99. The van der Waals surface area contributed by atoms with Gasteiger partial charge in [-0.2, -0.15) is 0 Å². The Kier molecular flexibility index (Phi) is 7.01. The zero-order chi connectivity index (χ0) is 36.8. The van der Waals surface area contributed by atoms with Crippen molar-refractivity contribution in [2.75, 3.05) is 4.90 Å². The summed E-state index contributed by atoms with van der Waals surface area (Å²) >= 11 is 3.80. The Morgan fingerprint density at radius 3 is 1.77 bits per heavy atom. The highest BCUT2D eigenvalue weighted by atomic mass is 32.2. The van der Waals surface area contributed by atoms with Gasteiger partial charge in [0, 0.05) is 36.6 Å². The molecule has 2 aliphatic rings. The van der Waals surface area contributed by atoms with Crippen LogP contribution in [0.1, 0.15) is 22.3 Å². The molecular formula is C53H33NS2. The summed E-state index contributed by atoms with van der Waals surface area (Å²) in [4.78, 5) is 5.08. The minimum atomic E-state index is -0.404. The fourth-order valence-corrected chi connectivity index (χ4v) is 12.1. The molecule has 0 N–H and O–H groups in total. The number of para-hydroxylation sites is 1. The predicted molar refractivity (Wildman–Crippen MR) is 238 cm³/mol. The summed E-state index contributed by atoms with van der Waals surface area (Å²) in [7, 11) is 0. The Morgan fingerprint density at radius 1 is 0.411 bits per heavy atom. The molecule has 3 heteroatoms. The molecule has 0 amide bonds. The molecule has 12 rings (SSSR count). The van der Waals surface area contributed by atoms with Gasteiger partial charge >= 0.3 is 0 Å². The summed E-state index contributed by atoms with van der Waals surface area (Å²) < 4.78 is 2.58. The third-order valence-electron chi connectivity index (χ3n) is 11.9. The molecule has 262 valence electrons. The van der Waals surface area contributed by atoms with Gasteiger partial charge in [0.1, 0.15) is 0 Å². The van der Waals surface area contributed by atoms with Gasteiger partial charge in [-0.3, -0.25) is 0 Å². The standard InChI is InChI=1S/C53H33NS2/c1-3-15-34(16-4-1)39-28-30-47(52-51(39)42-31-35-17-7-8-18-36(35)32-49(42)56-52)54(37-19-5-2-6-20-37)38-27-29-46-50(33-38)55-48-26-14-13-25-45(48)53(46)43-23-11-9-21-40(43)41-22-10-12-24-44(41)53/h1-33H. The highest BCUT2D eigenvalue weighted by Crippen LogP contribution is 2.62. The predicted octanol–water partition coefficient (Wildman–Crippen LogP) is 15.2. The molecule has 1 aliphatic carbocycles. The van der Waals surface area contributed by atoms with Crippen molar-refractivity contribution in [1.82, 2.24) is 0 Å². The first-order valence-electron chi connectivity index (χ1n) is 19.2. The van der Waals surface area contributed by atoms with Gasteiger partial charge in [-0.15, -0.1) is 11.3 Å². The van der Waals surface area contributed by atoms with E-state index in [1.165, 1.54) is 90.9 Å². The molecule has 9 aromatic carbocycles. The zero-order valence-electron chi connectivity index (χ0n) is 30.3. The molecular weight excluding hydrogens is 715 g/mol. The number of nitrogens with zero attached hydrogens (tertiary/aromatic N) is 1. The van der Waals surface area contributed by atoms with Crippen LogP contribution in [0.4, 0.5) is 17.1 Å². The van der Waals surface area contributed by atoms with Crippen LogP contribution in [0.15, 0.2) is 210 Å². The van der Waals surface area contributed by atoms with Gasteiger partial charge in [0.15, 0.2) is 0 Å². The number of fused-ring (bicyclic) bond motifs is 13. The van der Waals surface area contributed by atoms with E-state index in [1.54, 1.807) is 0 Å². The van der Waals surface area contributed by atoms with E-state index in [0.717, 1.165) is 11.4 Å². The van der Waals surface area contributed by atoms with Gasteiger partial charge in [0.2, 0.25) is 0 Å².